The van der Waals surface area contributed by atoms with E-state index in [0.29, 0.717) is 0 Å². The standard InChI is InChI=1S/C24H20/c1-17-13-14-21-22(19-9-5-3-6-10-19)16-18(2)24(23(21)15-17)20-11-7-4-8-12-20/h3-16H,1-2H3. The number of hydrogen-bond donors (Lipinski definition) is 0. The molecule has 24 heavy (non-hydrogen) atoms. The maximum atomic E-state index is 2.33. The van der Waals surface area contributed by atoms with Gasteiger partial charge in [-0.2, -0.15) is 0 Å². The van der Waals surface area contributed by atoms with Crippen LogP contribution in [0.4, 0.5) is 0 Å². The summed E-state index contributed by atoms with van der Waals surface area (Å²) in [6.07, 6.45) is 0. The highest BCUT2D eigenvalue weighted by Gasteiger charge is 2.12. The molecule has 4 aromatic rings. The molecule has 0 N–H and O–H groups in total. The molecule has 4 aromatic carbocycles. The van der Waals surface area contributed by atoms with Crippen LogP contribution in [0.1, 0.15) is 11.1 Å². The molecule has 0 heterocycles. The first-order valence-electron chi connectivity index (χ1n) is 8.39. The van der Waals surface area contributed by atoms with Crippen molar-refractivity contribution in [2.45, 2.75) is 13.8 Å². The van der Waals surface area contributed by atoms with Crippen LogP contribution in [0.3, 0.4) is 0 Å². The second-order valence-electron chi connectivity index (χ2n) is 6.40. The summed E-state index contributed by atoms with van der Waals surface area (Å²) in [5.41, 5.74) is 7.82. The first-order valence-corrected chi connectivity index (χ1v) is 8.39. The van der Waals surface area contributed by atoms with E-state index in [1.54, 1.807) is 0 Å². The van der Waals surface area contributed by atoms with Crippen molar-refractivity contribution in [3.05, 3.63) is 96.1 Å². The summed E-state index contributed by atoms with van der Waals surface area (Å²) in [5.74, 6) is 0. The average molecular weight is 308 g/mol. The van der Waals surface area contributed by atoms with Crippen LogP contribution in [0.5, 0.6) is 0 Å². The molecule has 0 atom stereocenters. The highest BCUT2D eigenvalue weighted by atomic mass is 14.2. The molecular weight excluding hydrogens is 288 g/mol. The first kappa shape index (κ1) is 14.7. The van der Waals surface area contributed by atoms with Crippen LogP contribution in [0.15, 0.2) is 84.9 Å². The Morgan fingerprint density at radius 3 is 1.83 bits per heavy atom. The SMILES string of the molecule is Cc1ccc2c(-c3ccccc3)cc(C)c(-c3ccccc3)c2c1. The monoisotopic (exact) mass is 308 g/mol. The molecule has 0 radical (unpaired) electrons. The first-order chi connectivity index (χ1) is 11.7. The second-order valence-corrected chi connectivity index (χ2v) is 6.40. The molecule has 0 aliphatic heterocycles. The van der Waals surface area contributed by atoms with Crippen LogP contribution in [-0.4, -0.2) is 0 Å². The second kappa shape index (κ2) is 5.98. The minimum Gasteiger partial charge on any atom is -0.0622 e. The Kier molecular flexibility index (Phi) is 3.66. The van der Waals surface area contributed by atoms with E-state index >= 15 is 0 Å². The average Bonchev–Trinajstić information content (AvgIpc) is 2.62. The van der Waals surface area contributed by atoms with Gasteiger partial charge in [-0.05, 0) is 52.4 Å². The minimum atomic E-state index is 1.27. The van der Waals surface area contributed by atoms with Crippen LogP contribution in [-0.2, 0) is 0 Å². The van der Waals surface area contributed by atoms with Crippen molar-refractivity contribution < 1.29 is 0 Å². The predicted molar refractivity (Wildman–Crippen MR) is 104 cm³/mol. The summed E-state index contributed by atoms with van der Waals surface area (Å²) >= 11 is 0. The summed E-state index contributed by atoms with van der Waals surface area (Å²) in [5, 5.41) is 2.65. The van der Waals surface area contributed by atoms with E-state index in [0.717, 1.165) is 0 Å². The largest absolute Gasteiger partial charge is 0.0622 e. The van der Waals surface area contributed by atoms with Gasteiger partial charge in [0.2, 0.25) is 0 Å². The van der Waals surface area contributed by atoms with Crippen LogP contribution < -0.4 is 0 Å². The topological polar surface area (TPSA) is 0 Å². The van der Waals surface area contributed by atoms with E-state index in [4.69, 9.17) is 0 Å². The lowest BCUT2D eigenvalue weighted by Gasteiger charge is -2.16. The molecule has 0 aromatic heterocycles. The minimum absolute atomic E-state index is 1.27. The molecule has 0 fully saturated rings. The summed E-state index contributed by atoms with van der Waals surface area (Å²) in [4.78, 5) is 0. The third kappa shape index (κ3) is 2.51. The number of aryl methyl sites for hydroxylation is 2. The zero-order valence-corrected chi connectivity index (χ0v) is 14.1. The van der Waals surface area contributed by atoms with Crippen molar-refractivity contribution in [3.63, 3.8) is 0 Å². The van der Waals surface area contributed by atoms with Crippen LogP contribution in [0, 0.1) is 13.8 Å². The normalized spacial score (nSPS) is 10.9. The van der Waals surface area contributed by atoms with Gasteiger partial charge in [-0.15, -0.1) is 0 Å². The van der Waals surface area contributed by atoms with Crippen LogP contribution in [0.2, 0.25) is 0 Å². The summed E-state index contributed by atoms with van der Waals surface area (Å²) in [6.45, 7) is 4.38. The Balaban J connectivity index is 2.10. The lowest BCUT2D eigenvalue weighted by Crippen LogP contribution is -1.91. The Bertz CT molecular complexity index is 996. The molecular formula is C24H20. The summed E-state index contributed by atoms with van der Waals surface area (Å²) in [7, 11) is 0. The lowest BCUT2D eigenvalue weighted by molar-refractivity contribution is 1.46. The molecule has 0 bridgehead atoms. The fraction of sp³-hybridized carbons (Fsp3) is 0.0833. The van der Waals surface area contributed by atoms with E-state index in [-0.39, 0.29) is 0 Å². The third-order valence-corrected chi connectivity index (χ3v) is 4.64. The number of hydrogen-bond acceptors (Lipinski definition) is 0. The van der Waals surface area contributed by atoms with Gasteiger partial charge in [-0.1, -0.05) is 90.5 Å². The Hall–Kier alpha value is -2.86. The molecule has 0 heteroatoms. The van der Waals surface area contributed by atoms with E-state index in [2.05, 4.69) is 98.8 Å². The third-order valence-electron chi connectivity index (χ3n) is 4.64. The van der Waals surface area contributed by atoms with Crippen molar-refractivity contribution in [2.75, 3.05) is 0 Å². The van der Waals surface area contributed by atoms with Gasteiger partial charge in [0, 0.05) is 0 Å². The van der Waals surface area contributed by atoms with Gasteiger partial charge in [0.05, 0.1) is 0 Å². The smallest absolute Gasteiger partial charge is 0.00756 e. The van der Waals surface area contributed by atoms with E-state index < -0.39 is 0 Å². The molecule has 0 aliphatic carbocycles. The summed E-state index contributed by atoms with van der Waals surface area (Å²) < 4.78 is 0. The molecule has 0 saturated carbocycles. The van der Waals surface area contributed by atoms with Gasteiger partial charge in [-0.25, -0.2) is 0 Å². The lowest BCUT2D eigenvalue weighted by atomic mass is 9.88. The highest BCUT2D eigenvalue weighted by Crippen LogP contribution is 2.38. The van der Waals surface area contributed by atoms with Gasteiger partial charge >= 0.3 is 0 Å². The zero-order chi connectivity index (χ0) is 16.5. The molecule has 4 rings (SSSR count). The predicted octanol–water partition coefficient (Wildman–Crippen LogP) is 6.79. The number of fused-ring (bicyclic) bond motifs is 1. The molecule has 0 amide bonds. The van der Waals surface area contributed by atoms with Crippen molar-refractivity contribution >= 4 is 10.8 Å². The van der Waals surface area contributed by atoms with Crippen molar-refractivity contribution in [3.8, 4) is 22.3 Å². The highest BCUT2D eigenvalue weighted by molar-refractivity contribution is 6.06. The molecule has 116 valence electrons. The van der Waals surface area contributed by atoms with Gasteiger partial charge in [0.15, 0.2) is 0 Å². The van der Waals surface area contributed by atoms with Crippen LogP contribution >= 0.6 is 0 Å². The van der Waals surface area contributed by atoms with Crippen molar-refractivity contribution in [1.29, 1.82) is 0 Å². The van der Waals surface area contributed by atoms with Gasteiger partial charge in [0.25, 0.3) is 0 Å². The maximum Gasteiger partial charge on any atom is -0.00756 e. The summed E-state index contributed by atoms with van der Waals surface area (Å²) in [6, 6.07) is 30.5. The molecule has 0 unspecified atom stereocenters. The van der Waals surface area contributed by atoms with Crippen molar-refractivity contribution in [1.82, 2.24) is 0 Å². The Morgan fingerprint density at radius 1 is 0.542 bits per heavy atom. The van der Waals surface area contributed by atoms with Crippen molar-refractivity contribution in [2.24, 2.45) is 0 Å². The van der Waals surface area contributed by atoms with E-state index in [1.807, 2.05) is 0 Å². The van der Waals surface area contributed by atoms with Gasteiger partial charge in [-0.3, -0.25) is 0 Å². The molecule has 0 saturated heterocycles. The van der Waals surface area contributed by atoms with Crippen LogP contribution in [0.25, 0.3) is 33.0 Å². The van der Waals surface area contributed by atoms with Gasteiger partial charge < -0.3 is 0 Å². The van der Waals surface area contributed by atoms with E-state index in [1.165, 1.54) is 44.2 Å². The Morgan fingerprint density at radius 2 is 1.17 bits per heavy atom. The quantitative estimate of drug-likeness (QED) is 0.382. The number of rotatable bonds is 2. The molecule has 0 aliphatic rings. The molecule has 0 spiro atoms. The molecule has 0 nitrogen and oxygen atoms in total. The fourth-order valence-corrected chi connectivity index (χ4v) is 3.52. The van der Waals surface area contributed by atoms with E-state index in [9.17, 15) is 0 Å². The fourth-order valence-electron chi connectivity index (χ4n) is 3.52. The van der Waals surface area contributed by atoms with Gasteiger partial charge in [0.1, 0.15) is 0 Å². The number of benzene rings is 4. The maximum absolute atomic E-state index is 2.33. The Labute approximate surface area is 143 Å². The zero-order valence-electron chi connectivity index (χ0n) is 14.1.